The summed E-state index contributed by atoms with van der Waals surface area (Å²) in [7, 11) is 0. The van der Waals surface area contributed by atoms with E-state index in [-0.39, 0.29) is 23.1 Å². The van der Waals surface area contributed by atoms with Crippen molar-refractivity contribution in [3.05, 3.63) is 54.6 Å². The van der Waals surface area contributed by atoms with Gasteiger partial charge in [0.05, 0.1) is 16.4 Å². The summed E-state index contributed by atoms with van der Waals surface area (Å²) in [6.45, 7) is 0. The number of nitrogens with one attached hydrogen (secondary N) is 3. The first-order valence-corrected chi connectivity index (χ1v) is 14.4. The van der Waals surface area contributed by atoms with Gasteiger partial charge in [0.2, 0.25) is 11.8 Å². The van der Waals surface area contributed by atoms with Crippen LogP contribution in [0.1, 0.15) is 51.4 Å². The van der Waals surface area contributed by atoms with E-state index >= 15 is 0 Å². The monoisotopic (exact) mass is 506 g/mol. The molecule has 38 heavy (non-hydrogen) atoms. The summed E-state index contributed by atoms with van der Waals surface area (Å²) in [5.41, 5.74) is 4.23. The Bertz CT molecular complexity index is 1430. The minimum atomic E-state index is -0.146. The van der Waals surface area contributed by atoms with Crippen molar-refractivity contribution < 1.29 is 9.59 Å². The first-order valence-electron chi connectivity index (χ1n) is 14.4. The molecule has 6 bridgehead atoms. The van der Waals surface area contributed by atoms with Crippen molar-refractivity contribution in [3.8, 4) is 11.4 Å². The van der Waals surface area contributed by atoms with Crippen LogP contribution in [0.2, 0.25) is 0 Å². The van der Waals surface area contributed by atoms with E-state index in [4.69, 9.17) is 4.98 Å². The third kappa shape index (κ3) is 3.71. The number of aromatic nitrogens is 2. The van der Waals surface area contributed by atoms with Gasteiger partial charge in [-0.15, -0.1) is 0 Å². The molecule has 3 aromatic rings. The van der Waals surface area contributed by atoms with E-state index < -0.39 is 0 Å². The largest absolute Gasteiger partial charge is 0.338 e. The summed E-state index contributed by atoms with van der Waals surface area (Å²) in [5, 5.41) is 6.37. The van der Waals surface area contributed by atoms with Gasteiger partial charge >= 0.3 is 0 Å². The smallest absolute Gasteiger partial charge is 0.230 e. The van der Waals surface area contributed by atoms with Crippen molar-refractivity contribution >= 4 is 34.2 Å². The van der Waals surface area contributed by atoms with Crippen molar-refractivity contribution in [3.63, 3.8) is 0 Å². The van der Waals surface area contributed by atoms with E-state index in [0.717, 1.165) is 83.7 Å². The molecule has 1 heterocycles. The molecule has 1 aromatic heterocycles. The molecule has 0 aliphatic heterocycles. The van der Waals surface area contributed by atoms with Gasteiger partial charge in [0.15, 0.2) is 0 Å². The van der Waals surface area contributed by atoms with Crippen LogP contribution in [-0.2, 0) is 9.59 Å². The number of carbonyl (C=O) groups excluding carboxylic acids is 2. The van der Waals surface area contributed by atoms with Crippen molar-refractivity contribution in [2.45, 2.75) is 51.4 Å². The molecule has 9 rings (SSSR count). The molecule has 3 unspecified atom stereocenters. The Morgan fingerprint density at radius 1 is 0.816 bits per heavy atom. The Morgan fingerprint density at radius 2 is 1.53 bits per heavy atom. The molecule has 6 heteroatoms. The fraction of sp³-hybridized carbons (Fsp3) is 0.469. The number of hydrogen-bond acceptors (Lipinski definition) is 3. The van der Waals surface area contributed by atoms with Crippen LogP contribution in [0.15, 0.2) is 54.6 Å². The van der Waals surface area contributed by atoms with E-state index in [0.29, 0.717) is 11.8 Å². The summed E-state index contributed by atoms with van der Waals surface area (Å²) >= 11 is 0. The van der Waals surface area contributed by atoms with Crippen LogP contribution < -0.4 is 10.6 Å². The van der Waals surface area contributed by atoms with E-state index in [9.17, 15) is 9.59 Å². The first-order chi connectivity index (χ1) is 18.5. The van der Waals surface area contributed by atoms with Crippen molar-refractivity contribution in [2.24, 2.45) is 40.9 Å². The van der Waals surface area contributed by atoms with Gasteiger partial charge in [0, 0.05) is 22.9 Å². The molecule has 2 amide bonds. The van der Waals surface area contributed by atoms with Crippen molar-refractivity contribution in [1.29, 1.82) is 0 Å². The van der Waals surface area contributed by atoms with E-state index in [1.165, 1.54) is 19.3 Å². The summed E-state index contributed by atoms with van der Waals surface area (Å²) < 4.78 is 0. The predicted molar refractivity (Wildman–Crippen MR) is 148 cm³/mol. The molecule has 3 N–H and O–H groups in total. The second kappa shape index (κ2) is 8.29. The second-order valence-corrected chi connectivity index (χ2v) is 12.9. The third-order valence-corrected chi connectivity index (χ3v) is 10.3. The lowest BCUT2D eigenvalue weighted by Gasteiger charge is -2.55. The number of carbonyl (C=O) groups is 2. The van der Waals surface area contributed by atoms with Crippen LogP contribution >= 0.6 is 0 Å². The van der Waals surface area contributed by atoms with E-state index in [2.05, 4.69) is 27.8 Å². The highest BCUT2D eigenvalue weighted by Gasteiger charge is 2.54. The minimum absolute atomic E-state index is 0.0833. The molecule has 0 saturated heterocycles. The maximum Gasteiger partial charge on any atom is 0.230 e. The topological polar surface area (TPSA) is 86.9 Å². The standard InChI is InChI=1S/C32H34N4O2/c37-30(26-13-18-1-2-23(26)12-18)33-25-7-8-27-28(14-25)36-29(35-27)22-3-5-24(6-4-22)34-31(38)32-15-19-9-20(16-32)11-21(10-19)17-32/h1-8,14,18-21,23,26H,9-13,15-17H2,(H,33,37)(H,34,38)(H,35,36). The lowest BCUT2D eigenvalue weighted by atomic mass is 9.49. The lowest BCUT2D eigenvalue weighted by Crippen LogP contribution is -2.51. The Balaban J connectivity index is 0.959. The van der Waals surface area contributed by atoms with Gasteiger partial charge in [0.25, 0.3) is 0 Å². The van der Waals surface area contributed by atoms with Gasteiger partial charge in [-0.3, -0.25) is 9.59 Å². The van der Waals surface area contributed by atoms with Crippen LogP contribution in [0, 0.1) is 40.9 Å². The van der Waals surface area contributed by atoms with Crippen LogP contribution in [0.3, 0.4) is 0 Å². The average Bonchev–Trinajstić information content (AvgIpc) is 3.64. The number of allylic oxidation sites excluding steroid dienone is 2. The molecule has 2 aromatic carbocycles. The van der Waals surface area contributed by atoms with Gasteiger partial charge in [0.1, 0.15) is 5.82 Å². The fourth-order valence-corrected chi connectivity index (χ4v) is 8.91. The van der Waals surface area contributed by atoms with Crippen LogP contribution in [0.4, 0.5) is 11.4 Å². The van der Waals surface area contributed by atoms with Crippen LogP contribution in [0.25, 0.3) is 22.4 Å². The number of imidazole rings is 1. The number of aromatic amines is 1. The number of H-pyrrole nitrogens is 1. The number of hydrogen-bond donors (Lipinski definition) is 3. The van der Waals surface area contributed by atoms with Crippen LogP contribution in [-0.4, -0.2) is 21.8 Å². The van der Waals surface area contributed by atoms with Gasteiger partial charge in [-0.05, 0) is 123 Å². The number of benzene rings is 2. The SMILES string of the molecule is O=C(Nc1ccc2nc(-c3ccc(NC(=O)C45CC6CC(CC(C6)C4)C5)cc3)[nH]c2c1)C1CC2C=CC1C2. The summed E-state index contributed by atoms with van der Waals surface area (Å²) in [4.78, 5) is 34.4. The highest BCUT2D eigenvalue weighted by Crippen LogP contribution is 2.60. The fourth-order valence-electron chi connectivity index (χ4n) is 8.91. The van der Waals surface area contributed by atoms with E-state index in [1.54, 1.807) is 0 Å². The lowest BCUT2D eigenvalue weighted by molar-refractivity contribution is -0.140. The summed E-state index contributed by atoms with van der Waals surface area (Å²) in [6, 6.07) is 13.8. The maximum atomic E-state index is 13.4. The molecule has 5 saturated carbocycles. The molecular weight excluding hydrogens is 472 g/mol. The highest BCUT2D eigenvalue weighted by molar-refractivity contribution is 5.96. The van der Waals surface area contributed by atoms with E-state index in [1.807, 2.05) is 42.5 Å². The van der Waals surface area contributed by atoms with Gasteiger partial charge in [-0.1, -0.05) is 12.2 Å². The maximum absolute atomic E-state index is 13.4. The molecule has 0 spiro atoms. The molecule has 194 valence electrons. The zero-order valence-corrected chi connectivity index (χ0v) is 21.6. The molecule has 3 atom stereocenters. The minimum Gasteiger partial charge on any atom is -0.338 e. The molecule has 5 fully saturated rings. The Hall–Kier alpha value is -3.41. The van der Waals surface area contributed by atoms with Gasteiger partial charge in [-0.25, -0.2) is 4.98 Å². The Morgan fingerprint density at radius 3 is 2.18 bits per heavy atom. The Kier molecular flexibility index (Phi) is 4.92. The summed E-state index contributed by atoms with van der Waals surface area (Å²) in [5.74, 6) is 4.44. The van der Waals surface area contributed by atoms with Crippen LogP contribution in [0.5, 0.6) is 0 Å². The van der Waals surface area contributed by atoms with Crippen molar-refractivity contribution in [1.82, 2.24) is 9.97 Å². The number of nitrogens with zero attached hydrogens (tertiary/aromatic N) is 1. The average molecular weight is 507 g/mol. The first kappa shape index (κ1) is 22.6. The van der Waals surface area contributed by atoms with Gasteiger partial charge in [-0.2, -0.15) is 0 Å². The molecule has 6 aliphatic carbocycles. The predicted octanol–water partition coefficient (Wildman–Crippen LogP) is 6.54. The number of amides is 2. The zero-order chi connectivity index (χ0) is 25.4. The molecule has 6 aliphatic rings. The highest BCUT2D eigenvalue weighted by atomic mass is 16.2. The quantitative estimate of drug-likeness (QED) is 0.344. The third-order valence-electron chi connectivity index (χ3n) is 10.3. The number of rotatable bonds is 5. The normalized spacial score (nSPS) is 34.2. The molecule has 0 radical (unpaired) electrons. The zero-order valence-electron chi connectivity index (χ0n) is 21.6. The second-order valence-electron chi connectivity index (χ2n) is 12.9. The van der Waals surface area contributed by atoms with Crippen molar-refractivity contribution in [2.75, 3.05) is 10.6 Å². The Labute approximate surface area is 222 Å². The number of anilines is 2. The number of fused-ring (bicyclic) bond motifs is 3. The molecule has 6 nitrogen and oxygen atoms in total. The molecular formula is C32H34N4O2. The van der Waals surface area contributed by atoms with Gasteiger partial charge < -0.3 is 15.6 Å². The summed E-state index contributed by atoms with van der Waals surface area (Å²) in [6.07, 6.45) is 13.8.